The van der Waals surface area contributed by atoms with E-state index in [4.69, 9.17) is 11.6 Å². The average molecular weight is 309 g/mol. The lowest BCUT2D eigenvalue weighted by Crippen LogP contribution is -2.34. The summed E-state index contributed by atoms with van der Waals surface area (Å²) < 4.78 is 0. The maximum Gasteiger partial charge on any atom is 0.289 e. The largest absolute Gasteiger partial charge is 0.382 e. The topological polar surface area (TPSA) is 55.2 Å². The van der Waals surface area contributed by atoms with Crippen LogP contribution in [-0.4, -0.2) is 11.0 Å². The van der Waals surface area contributed by atoms with E-state index < -0.39 is 4.92 Å². The van der Waals surface area contributed by atoms with E-state index in [-0.39, 0.29) is 10.7 Å². The van der Waals surface area contributed by atoms with Gasteiger partial charge in [0.15, 0.2) is 0 Å². The Bertz CT molecular complexity index is 535. The molecule has 2 aliphatic rings. The van der Waals surface area contributed by atoms with Crippen molar-refractivity contribution >= 4 is 23.0 Å². The number of hydrogen-bond acceptors (Lipinski definition) is 3. The molecule has 0 aromatic heterocycles. The van der Waals surface area contributed by atoms with E-state index in [0.717, 1.165) is 23.9 Å². The van der Waals surface area contributed by atoms with Gasteiger partial charge in [-0.15, -0.1) is 0 Å². The van der Waals surface area contributed by atoms with Crippen molar-refractivity contribution in [1.82, 2.24) is 0 Å². The maximum absolute atomic E-state index is 10.9. The molecule has 0 aliphatic heterocycles. The van der Waals surface area contributed by atoms with Gasteiger partial charge < -0.3 is 5.32 Å². The molecule has 3 atom stereocenters. The number of nitro benzene ring substituents is 1. The molecule has 3 rings (SSSR count). The lowest BCUT2D eigenvalue weighted by Gasteiger charge is -2.39. The standard InChI is InChI=1S/C16H21ClN2O2/c17-15-8-7-14(10-16(15)19(20)21)18-13-6-5-11-3-1-2-4-12(11)9-13/h7-8,10-13,18H,1-6,9H2. The first kappa shape index (κ1) is 14.6. The van der Waals surface area contributed by atoms with E-state index in [1.807, 2.05) is 6.07 Å². The second-order valence-corrected chi connectivity index (χ2v) is 6.79. The van der Waals surface area contributed by atoms with Crippen molar-refractivity contribution in [2.24, 2.45) is 11.8 Å². The minimum Gasteiger partial charge on any atom is -0.382 e. The highest BCUT2D eigenvalue weighted by Crippen LogP contribution is 2.41. The fraction of sp³-hybridized carbons (Fsp3) is 0.625. The molecule has 0 amide bonds. The summed E-state index contributed by atoms with van der Waals surface area (Å²) in [6.45, 7) is 0. The van der Waals surface area contributed by atoms with Crippen LogP contribution in [0.1, 0.15) is 44.9 Å². The second-order valence-electron chi connectivity index (χ2n) is 6.38. The summed E-state index contributed by atoms with van der Waals surface area (Å²) in [5.74, 6) is 1.75. The molecule has 2 aliphatic carbocycles. The number of benzene rings is 1. The first-order valence-electron chi connectivity index (χ1n) is 7.84. The Balaban J connectivity index is 1.66. The number of anilines is 1. The summed E-state index contributed by atoms with van der Waals surface area (Å²) in [6.07, 6.45) is 9.15. The predicted octanol–water partition coefficient (Wildman–Crippen LogP) is 5.02. The minimum absolute atomic E-state index is 0.0204. The molecule has 0 bridgehead atoms. The first-order valence-corrected chi connectivity index (χ1v) is 8.22. The van der Waals surface area contributed by atoms with E-state index in [1.54, 1.807) is 12.1 Å². The fourth-order valence-corrected chi connectivity index (χ4v) is 4.17. The van der Waals surface area contributed by atoms with Crippen LogP contribution in [0.25, 0.3) is 0 Å². The van der Waals surface area contributed by atoms with E-state index in [0.29, 0.717) is 6.04 Å². The van der Waals surface area contributed by atoms with Gasteiger partial charge in [0.2, 0.25) is 0 Å². The quantitative estimate of drug-likeness (QED) is 0.630. The van der Waals surface area contributed by atoms with Gasteiger partial charge in [0.1, 0.15) is 5.02 Å². The molecule has 4 nitrogen and oxygen atoms in total. The zero-order valence-corrected chi connectivity index (χ0v) is 12.8. The number of nitrogens with one attached hydrogen (secondary N) is 1. The average Bonchev–Trinajstić information content (AvgIpc) is 2.49. The Labute approximate surface area is 130 Å². The van der Waals surface area contributed by atoms with Crippen LogP contribution >= 0.6 is 11.6 Å². The van der Waals surface area contributed by atoms with Crippen molar-refractivity contribution in [3.63, 3.8) is 0 Å². The van der Waals surface area contributed by atoms with Crippen molar-refractivity contribution in [1.29, 1.82) is 0 Å². The molecule has 2 fully saturated rings. The summed E-state index contributed by atoms with van der Waals surface area (Å²) in [6, 6.07) is 5.43. The Hall–Kier alpha value is -1.29. The van der Waals surface area contributed by atoms with Gasteiger partial charge in [-0.3, -0.25) is 10.1 Å². The number of halogens is 1. The molecule has 114 valence electrons. The lowest BCUT2D eigenvalue weighted by molar-refractivity contribution is -0.384. The highest BCUT2D eigenvalue weighted by molar-refractivity contribution is 6.32. The van der Waals surface area contributed by atoms with E-state index in [1.165, 1.54) is 38.5 Å². The third kappa shape index (κ3) is 3.31. The van der Waals surface area contributed by atoms with Gasteiger partial charge in [-0.2, -0.15) is 0 Å². The maximum atomic E-state index is 10.9. The highest BCUT2D eigenvalue weighted by Gasteiger charge is 2.32. The number of nitrogens with zero attached hydrogens (tertiary/aromatic N) is 1. The van der Waals surface area contributed by atoms with Crippen LogP contribution < -0.4 is 5.32 Å². The Morgan fingerprint density at radius 2 is 1.90 bits per heavy atom. The fourth-order valence-electron chi connectivity index (χ4n) is 3.98. The van der Waals surface area contributed by atoms with Gasteiger partial charge in [0, 0.05) is 17.8 Å². The number of hydrogen-bond donors (Lipinski definition) is 1. The number of fused-ring (bicyclic) bond motifs is 1. The summed E-state index contributed by atoms with van der Waals surface area (Å²) in [4.78, 5) is 10.5. The van der Waals surface area contributed by atoms with Gasteiger partial charge in [-0.1, -0.05) is 37.3 Å². The smallest absolute Gasteiger partial charge is 0.289 e. The van der Waals surface area contributed by atoms with Gasteiger partial charge in [-0.25, -0.2) is 0 Å². The molecule has 0 heterocycles. The third-order valence-electron chi connectivity index (χ3n) is 5.05. The Morgan fingerprint density at radius 1 is 1.14 bits per heavy atom. The summed E-state index contributed by atoms with van der Waals surface area (Å²) in [5.41, 5.74) is 0.790. The van der Waals surface area contributed by atoms with Crippen molar-refractivity contribution in [2.75, 3.05) is 5.32 Å². The van der Waals surface area contributed by atoms with Crippen LogP contribution in [-0.2, 0) is 0 Å². The molecule has 0 saturated heterocycles. The Morgan fingerprint density at radius 3 is 2.67 bits per heavy atom. The predicted molar refractivity (Wildman–Crippen MR) is 84.8 cm³/mol. The molecule has 1 aromatic carbocycles. The van der Waals surface area contributed by atoms with E-state index in [9.17, 15) is 10.1 Å². The molecule has 1 N–H and O–H groups in total. The molecule has 5 heteroatoms. The zero-order valence-electron chi connectivity index (χ0n) is 12.1. The van der Waals surface area contributed by atoms with Crippen molar-refractivity contribution < 1.29 is 4.92 Å². The minimum atomic E-state index is -0.425. The van der Waals surface area contributed by atoms with Crippen LogP contribution in [0, 0.1) is 22.0 Å². The molecular formula is C16H21ClN2O2. The molecule has 0 spiro atoms. The van der Waals surface area contributed by atoms with Gasteiger partial charge in [-0.05, 0) is 43.2 Å². The number of nitro groups is 1. The molecule has 1 aromatic rings. The van der Waals surface area contributed by atoms with Crippen LogP contribution in [0.3, 0.4) is 0 Å². The lowest BCUT2D eigenvalue weighted by atomic mass is 9.69. The molecule has 0 radical (unpaired) electrons. The SMILES string of the molecule is O=[N+]([O-])c1cc(NC2CCC3CCCCC3C2)ccc1Cl. The van der Waals surface area contributed by atoms with Gasteiger partial charge in [0.25, 0.3) is 5.69 Å². The van der Waals surface area contributed by atoms with Gasteiger partial charge in [0.05, 0.1) is 4.92 Å². The second kappa shape index (κ2) is 6.22. The highest BCUT2D eigenvalue weighted by atomic mass is 35.5. The normalized spacial score (nSPS) is 28.7. The molecule has 3 unspecified atom stereocenters. The van der Waals surface area contributed by atoms with Crippen LogP contribution in [0.5, 0.6) is 0 Å². The van der Waals surface area contributed by atoms with Crippen LogP contribution in [0.15, 0.2) is 18.2 Å². The number of rotatable bonds is 3. The van der Waals surface area contributed by atoms with Crippen molar-refractivity contribution in [3.05, 3.63) is 33.3 Å². The zero-order chi connectivity index (χ0) is 14.8. The van der Waals surface area contributed by atoms with Crippen LogP contribution in [0.4, 0.5) is 11.4 Å². The molecular weight excluding hydrogens is 288 g/mol. The summed E-state index contributed by atoms with van der Waals surface area (Å²) in [5, 5.41) is 14.6. The van der Waals surface area contributed by atoms with Crippen molar-refractivity contribution in [3.8, 4) is 0 Å². The van der Waals surface area contributed by atoms with Gasteiger partial charge >= 0.3 is 0 Å². The molecule has 2 saturated carbocycles. The third-order valence-corrected chi connectivity index (χ3v) is 5.37. The summed E-state index contributed by atoms with van der Waals surface area (Å²) >= 11 is 5.86. The molecule has 21 heavy (non-hydrogen) atoms. The Kier molecular flexibility index (Phi) is 4.34. The van der Waals surface area contributed by atoms with Crippen molar-refractivity contribution in [2.45, 2.75) is 51.0 Å². The first-order chi connectivity index (χ1) is 10.1. The van der Waals surface area contributed by atoms with Crippen LogP contribution in [0.2, 0.25) is 5.02 Å². The van der Waals surface area contributed by atoms with E-state index in [2.05, 4.69) is 5.32 Å². The van der Waals surface area contributed by atoms with E-state index >= 15 is 0 Å². The monoisotopic (exact) mass is 308 g/mol. The summed E-state index contributed by atoms with van der Waals surface area (Å²) in [7, 11) is 0.